The molecule has 78 valence electrons. The highest BCUT2D eigenvalue weighted by molar-refractivity contribution is 8.13. The van der Waals surface area contributed by atoms with Gasteiger partial charge < -0.3 is 0 Å². The van der Waals surface area contributed by atoms with Crippen LogP contribution >= 0.6 is 23.4 Å². The van der Waals surface area contributed by atoms with Crippen molar-refractivity contribution in [3.8, 4) is 11.8 Å². The molecule has 0 aromatic carbocycles. The highest BCUT2D eigenvalue weighted by Crippen LogP contribution is 2.11. The van der Waals surface area contributed by atoms with Crippen molar-refractivity contribution in [2.45, 2.75) is 13.3 Å². The zero-order chi connectivity index (χ0) is 11.1. The topological polar surface area (TPSA) is 30.0 Å². The number of hydrogen-bond donors (Lipinski definition) is 0. The van der Waals surface area contributed by atoms with E-state index < -0.39 is 0 Å². The van der Waals surface area contributed by atoms with E-state index in [4.69, 9.17) is 11.6 Å². The molecule has 0 saturated heterocycles. The fourth-order valence-corrected chi connectivity index (χ4v) is 1.54. The zero-order valence-electron chi connectivity index (χ0n) is 8.29. The summed E-state index contributed by atoms with van der Waals surface area (Å²) in [6.07, 6.45) is 3.90. The molecule has 0 aliphatic carbocycles. The minimum atomic E-state index is 0.124. The number of carbonyl (C=O) groups excluding carboxylic acids is 1. The molecule has 4 heteroatoms. The first-order chi connectivity index (χ1) is 7.20. The summed E-state index contributed by atoms with van der Waals surface area (Å²) in [5.74, 6) is 6.63. The summed E-state index contributed by atoms with van der Waals surface area (Å²) in [5.41, 5.74) is 0.777. The Balaban J connectivity index is 2.45. The highest BCUT2D eigenvalue weighted by Gasteiger charge is 1.94. The van der Waals surface area contributed by atoms with Crippen LogP contribution in [0.25, 0.3) is 0 Å². The van der Waals surface area contributed by atoms with Crippen molar-refractivity contribution < 1.29 is 4.79 Å². The average molecular weight is 240 g/mol. The van der Waals surface area contributed by atoms with Gasteiger partial charge in [-0.25, -0.2) is 0 Å². The summed E-state index contributed by atoms with van der Waals surface area (Å²) in [4.78, 5) is 14.5. The molecular weight excluding hydrogens is 230 g/mol. The van der Waals surface area contributed by atoms with E-state index >= 15 is 0 Å². The van der Waals surface area contributed by atoms with E-state index in [0.29, 0.717) is 11.4 Å². The Labute approximate surface area is 98.4 Å². The lowest BCUT2D eigenvalue weighted by Gasteiger charge is -1.92. The van der Waals surface area contributed by atoms with Crippen LogP contribution in [0.1, 0.15) is 18.9 Å². The fourth-order valence-electron chi connectivity index (χ4n) is 0.880. The molecule has 0 unspecified atom stereocenters. The number of thioether (sulfide) groups is 1. The van der Waals surface area contributed by atoms with Gasteiger partial charge in [-0.3, -0.25) is 9.78 Å². The van der Waals surface area contributed by atoms with E-state index in [1.165, 1.54) is 11.8 Å². The monoisotopic (exact) mass is 239 g/mol. The summed E-state index contributed by atoms with van der Waals surface area (Å²) < 4.78 is 0. The Morgan fingerprint density at radius 1 is 1.67 bits per heavy atom. The van der Waals surface area contributed by atoms with Crippen molar-refractivity contribution in [1.29, 1.82) is 0 Å². The van der Waals surface area contributed by atoms with E-state index in [1.54, 1.807) is 25.4 Å². The molecule has 0 aliphatic rings. The molecule has 1 aromatic rings. The lowest BCUT2D eigenvalue weighted by molar-refractivity contribution is -0.109. The molecule has 0 atom stereocenters. The third-order valence-electron chi connectivity index (χ3n) is 1.53. The lowest BCUT2D eigenvalue weighted by atomic mass is 10.2. The number of rotatable bonds is 2. The van der Waals surface area contributed by atoms with E-state index in [2.05, 4.69) is 16.8 Å². The van der Waals surface area contributed by atoms with Crippen LogP contribution in [0.15, 0.2) is 18.5 Å². The maximum Gasteiger partial charge on any atom is 0.185 e. The van der Waals surface area contributed by atoms with Crippen LogP contribution in [0, 0.1) is 11.8 Å². The standard InChI is InChI=1S/C11H10ClNOS/c1-9(14)15-7-3-2-4-10-5-6-13-8-11(10)12/h5-6,8H,3,7H2,1H3. The van der Waals surface area contributed by atoms with Crippen molar-refractivity contribution >= 4 is 28.5 Å². The molecule has 2 nitrogen and oxygen atoms in total. The van der Waals surface area contributed by atoms with Crippen molar-refractivity contribution in [2.75, 3.05) is 5.75 Å². The first-order valence-corrected chi connectivity index (χ1v) is 5.78. The Hall–Kier alpha value is -0.980. The zero-order valence-corrected chi connectivity index (χ0v) is 9.86. The maximum absolute atomic E-state index is 10.6. The van der Waals surface area contributed by atoms with Gasteiger partial charge in [0.15, 0.2) is 5.12 Å². The van der Waals surface area contributed by atoms with Crippen molar-refractivity contribution in [3.63, 3.8) is 0 Å². The minimum absolute atomic E-state index is 0.124. The van der Waals surface area contributed by atoms with Gasteiger partial charge in [0, 0.05) is 37.1 Å². The van der Waals surface area contributed by atoms with Crippen molar-refractivity contribution in [1.82, 2.24) is 4.98 Å². The van der Waals surface area contributed by atoms with Crippen LogP contribution in [0.5, 0.6) is 0 Å². The second kappa shape index (κ2) is 6.49. The number of aromatic nitrogens is 1. The average Bonchev–Trinajstić information content (AvgIpc) is 2.20. The van der Waals surface area contributed by atoms with Gasteiger partial charge in [-0.1, -0.05) is 35.2 Å². The van der Waals surface area contributed by atoms with Gasteiger partial charge >= 0.3 is 0 Å². The van der Waals surface area contributed by atoms with Gasteiger partial charge in [0.05, 0.1) is 5.02 Å². The third kappa shape index (κ3) is 4.87. The Bertz CT molecular complexity index is 409. The van der Waals surface area contributed by atoms with Crippen LogP contribution in [-0.4, -0.2) is 15.9 Å². The van der Waals surface area contributed by atoms with E-state index in [9.17, 15) is 4.79 Å². The van der Waals surface area contributed by atoms with Gasteiger partial charge in [0.1, 0.15) is 0 Å². The molecule has 0 spiro atoms. The van der Waals surface area contributed by atoms with Crippen LogP contribution in [0.3, 0.4) is 0 Å². The van der Waals surface area contributed by atoms with Crippen LogP contribution in [0.4, 0.5) is 0 Å². The van der Waals surface area contributed by atoms with Crippen molar-refractivity contribution in [3.05, 3.63) is 29.0 Å². The largest absolute Gasteiger partial charge is 0.288 e. The molecule has 0 bridgehead atoms. The summed E-state index contributed by atoms with van der Waals surface area (Å²) in [5, 5.41) is 0.683. The molecule has 1 rings (SSSR count). The first kappa shape index (κ1) is 12.1. The summed E-state index contributed by atoms with van der Waals surface area (Å²) in [6, 6.07) is 1.77. The lowest BCUT2D eigenvalue weighted by Crippen LogP contribution is -1.84. The Morgan fingerprint density at radius 2 is 2.47 bits per heavy atom. The molecule has 0 fully saturated rings. The second-order valence-corrected chi connectivity index (χ2v) is 4.43. The molecule has 0 N–H and O–H groups in total. The first-order valence-electron chi connectivity index (χ1n) is 4.42. The second-order valence-electron chi connectivity index (χ2n) is 2.75. The summed E-state index contributed by atoms with van der Waals surface area (Å²) in [6.45, 7) is 1.55. The minimum Gasteiger partial charge on any atom is -0.288 e. The van der Waals surface area contributed by atoms with Gasteiger partial charge in [0.25, 0.3) is 0 Å². The Morgan fingerprint density at radius 3 is 3.13 bits per heavy atom. The smallest absolute Gasteiger partial charge is 0.185 e. The maximum atomic E-state index is 10.6. The highest BCUT2D eigenvalue weighted by atomic mass is 35.5. The van der Waals surface area contributed by atoms with Gasteiger partial charge in [-0.15, -0.1) is 0 Å². The molecule has 1 heterocycles. The third-order valence-corrected chi connectivity index (χ3v) is 2.64. The molecule has 15 heavy (non-hydrogen) atoms. The van der Waals surface area contributed by atoms with E-state index in [0.717, 1.165) is 11.3 Å². The molecule has 1 aromatic heterocycles. The molecule has 0 radical (unpaired) electrons. The predicted octanol–water partition coefficient (Wildman–Crippen LogP) is 2.76. The number of carbonyl (C=O) groups is 1. The normalized spacial score (nSPS) is 9.20. The fraction of sp³-hybridized carbons (Fsp3) is 0.273. The van der Waals surface area contributed by atoms with Crippen molar-refractivity contribution in [2.24, 2.45) is 0 Å². The van der Waals surface area contributed by atoms with Crippen LogP contribution in [-0.2, 0) is 4.79 Å². The SMILES string of the molecule is CC(=O)SCCC#Cc1ccncc1Cl. The van der Waals surface area contributed by atoms with Gasteiger partial charge in [-0.05, 0) is 6.07 Å². The number of pyridine rings is 1. The molecule has 0 aliphatic heterocycles. The summed E-state index contributed by atoms with van der Waals surface area (Å²) >= 11 is 7.15. The summed E-state index contributed by atoms with van der Waals surface area (Å²) in [7, 11) is 0. The van der Waals surface area contributed by atoms with E-state index in [1.807, 2.05) is 0 Å². The van der Waals surface area contributed by atoms with E-state index in [-0.39, 0.29) is 5.12 Å². The predicted molar refractivity (Wildman–Crippen MR) is 63.9 cm³/mol. The van der Waals surface area contributed by atoms with Gasteiger partial charge in [0.2, 0.25) is 0 Å². The quantitative estimate of drug-likeness (QED) is 0.587. The Kier molecular flexibility index (Phi) is 5.23. The van der Waals surface area contributed by atoms with Crippen LogP contribution < -0.4 is 0 Å². The van der Waals surface area contributed by atoms with Gasteiger partial charge in [-0.2, -0.15) is 0 Å². The number of hydrogen-bond acceptors (Lipinski definition) is 3. The number of nitrogens with zero attached hydrogens (tertiary/aromatic N) is 1. The molecule has 0 saturated carbocycles. The molecular formula is C11H10ClNOS. The van der Waals surface area contributed by atoms with Crippen LogP contribution in [0.2, 0.25) is 5.02 Å². The molecule has 0 amide bonds. The number of halogens is 1.